The Morgan fingerprint density at radius 3 is 2.70 bits per heavy atom. The Morgan fingerprint density at radius 1 is 1.25 bits per heavy atom. The van der Waals surface area contributed by atoms with Gasteiger partial charge >= 0.3 is 0 Å². The summed E-state index contributed by atoms with van der Waals surface area (Å²) in [6.45, 7) is 4.16. The van der Waals surface area contributed by atoms with E-state index in [9.17, 15) is 0 Å². The third-order valence-corrected chi connectivity index (χ3v) is 4.87. The van der Waals surface area contributed by atoms with Crippen LogP contribution in [-0.2, 0) is 0 Å². The first-order valence-electron chi connectivity index (χ1n) is 7.22. The average molecular weight is 334 g/mol. The molecule has 1 saturated carbocycles. The molecule has 0 amide bonds. The van der Waals surface area contributed by atoms with E-state index >= 15 is 0 Å². The number of anilines is 2. The van der Waals surface area contributed by atoms with E-state index in [-0.39, 0.29) is 0 Å². The number of rotatable bonds is 3. The van der Waals surface area contributed by atoms with Crippen LogP contribution in [0, 0.1) is 13.8 Å². The monoisotopic (exact) mass is 333 g/mol. The molecule has 1 heterocycles. The molecule has 1 N–H and O–H groups in total. The highest BCUT2D eigenvalue weighted by atomic mass is 79.9. The predicted octanol–water partition coefficient (Wildman–Crippen LogP) is 5.12. The molecule has 20 heavy (non-hydrogen) atoms. The van der Waals surface area contributed by atoms with Crippen molar-refractivity contribution in [2.45, 2.75) is 45.6 Å². The number of aromatic nitrogens is 2. The fourth-order valence-electron chi connectivity index (χ4n) is 2.92. The van der Waals surface area contributed by atoms with Gasteiger partial charge in [0.05, 0.1) is 5.69 Å². The van der Waals surface area contributed by atoms with Gasteiger partial charge in [-0.3, -0.25) is 0 Å². The van der Waals surface area contributed by atoms with Crippen molar-refractivity contribution in [1.82, 2.24) is 9.55 Å². The summed E-state index contributed by atoms with van der Waals surface area (Å²) in [7, 11) is 0. The van der Waals surface area contributed by atoms with Crippen molar-refractivity contribution >= 4 is 27.6 Å². The van der Waals surface area contributed by atoms with Gasteiger partial charge in [0.25, 0.3) is 0 Å². The van der Waals surface area contributed by atoms with E-state index in [0.29, 0.717) is 6.04 Å². The second-order valence-electron chi connectivity index (χ2n) is 5.64. The SMILES string of the molecule is Cc1cn(C2CCCC2)c(Nc2ccc(Br)c(C)c2)n1. The zero-order valence-electron chi connectivity index (χ0n) is 12.0. The van der Waals surface area contributed by atoms with E-state index in [1.54, 1.807) is 0 Å². The smallest absolute Gasteiger partial charge is 0.207 e. The van der Waals surface area contributed by atoms with Crippen LogP contribution in [0.25, 0.3) is 0 Å². The molecule has 3 nitrogen and oxygen atoms in total. The lowest BCUT2D eigenvalue weighted by atomic mass is 10.2. The van der Waals surface area contributed by atoms with E-state index in [1.165, 1.54) is 31.2 Å². The first-order chi connectivity index (χ1) is 9.63. The van der Waals surface area contributed by atoms with Crippen molar-refractivity contribution in [2.75, 3.05) is 5.32 Å². The van der Waals surface area contributed by atoms with Gasteiger partial charge in [-0.05, 0) is 50.5 Å². The highest BCUT2D eigenvalue weighted by Crippen LogP contribution is 2.33. The summed E-state index contributed by atoms with van der Waals surface area (Å²) < 4.78 is 3.46. The van der Waals surface area contributed by atoms with Crippen molar-refractivity contribution in [1.29, 1.82) is 0 Å². The summed E-state index contributed by atoms with van der Waals surface area (Å²) in [5.74, 6) is 0.969. The molecule has 0 atom stereocenters. The number of benzene rings is 1. The lowest BCUT2D eigenvalue weighted by Gasteiger charge is -2.16. The molecule has 0 saturated heterocycles. The topological polar surface area (TPSA) is 29.9 Å². The van der Waals surface area contributed by atoms with Gasteiger partial charge in [0.2, 0.25) is 5.95 Å². The van der Waals surface area contributed by atoms with E-state index in [1.807, 2.05) is 0 Å². The predicted molar refractivity (Wildman–Crippen MR) is 86.6 cm³/mol. The Hall–Kier alpha value is -1.29. The summed E-state index contributed by atoms with van der Waals surface area (Å²) in [6.07, 6.45) is 7.37. The molecule has 0 bridgehead atoms. The van der Waals surface area contributed by atoms with Crippen molar-refractivity contribution in [3.63, 3.8) is 0 Å². The lowest BCUT2D eigenvalue weighted by Crippen LogP contribution is -2.07. The minimum absolute atomic E-state index is 0.607. The fraction of sp³-hybridized carbons (Fsp3) is 0.438. The van der Waals surface area contributed by atoms with Crippen molar-refractivity contribution in [2.24, 2.45) is 0 Å². The largest absolute Gasteiger partial charge is 0.326 e. The number of halogens is 1. The summed E-state index contributed by atoms with van der Waals surface area (Å²) in [6, 6.07) is 6.91. The molecule has 3 rings (SSSR count). The summed E-state index contributed by atoms with van der Waals surface area (Å²) >= 11 is 3.54. The number of nitrogens with zero attached hydrogens (tertiary/aromatic N) is 2. The second-order valence-corrected chi connectivity index (χ2v) is 6.49. The Balaban J connectivity index is 1.87. The highest BCUT2D eigenvalue weighted by Gasteiger charge is 2.20. The zero-order valence-corrected chi connectivity index (χ0v) is 13.6. The maximum absolute atomic E-state index is 4.64. The van der Waals surface area contributed by atoms with Crippen LogP contribution in [0.4, 0.5) is 11.6 Å². The van der Waals surface area contributed by atoms with Gasteiger partial charge in [0, 0.05) is 22.4 Å². The van der Waals surface area contributed by atoms with Crippen LogP contribution >= 0.6 is 15.9 Å². The molecule has 0 radical (unpaired) electrons. The number of hydrogen-bond donors (Lipinski definition) is 1. The van der Waals surface area contributed by atoms with Crippen LogP contribution in [0.2, 0.25) is 0 Å². The van der Waals surface area contributed by atoms with Gasteiger partial charge in [0.1, 0.15) is 0 Å². The maximum Gasteiger partial charge on any atom is 0.207 e. The molecule has 1 aromatic heterocycles. The van der Waals surface area contributed by atoms with Gasteiger partial charge < -0.3 is 9.88 Å². The zero-order chi connectivity index (χ0) is 14.1. The molecule has 1 fully saturated rings. The molecule has 1 aliphatic rings. The number of aryl methyl sites for hydroxylation is 2. The lowest BCUT2D eigenvalue weighted by molar-refractivity contribution is 0.524. The molecule has 1 aliphatic carbocycles. The number of nitrogens with one attached hydrogen (secondary N) is 1. The van der Waals surface area contributed by atoms with Crippen LogP contribution in [-0.4, -0.2) is 9.55 Å². The molecule has 0 unspecified atom stereocenters. The third kappa shape index (κ3) is 2.75. The van der Waals surface area contributed by atoms with Crippen molar-refractivity contribution in [3.05, 3.63) is 40.1 Å². The fourth-order valence-corrected chi connectivity index (χ4v) is 3.17. The molecular weight excluding hydrogens is 314 g/mol. The van der Waals surface area contributed by atoms with Gasteiger partial charge in [-0.25, -0.2) is 4.98 Å². The summed E-state index contributed by atoms with van der Waals surface area (Å²) in [5, 5.41) is 3.47. The number of hydrogen-bond acceptors (Lipinski definition) is 2. The van der Waals surface area contributed by atoms with Crippen LogP contribution < -0.4 is 5.32 Å². The van der Waals surface area contributed by atoms with Crippen LogP contribution in [0.5, 0.6) is 0 Å². The Labute approximate surface area is 128 Å². The molecule has 2 aromatic rings. The van der Waals surface area contributed by atoms with Crippen LogP contribution in [0.1, 0.15) is 43.0 Å². The third-order valence-electron chi connectivity index (χ3n) is 3.98. The van der Waals surface area contributed by atoms with Crippen molar-refractivity contribution < 1.29 is 0 Å². The van der Waals surface area contributed by atoms with Crippen LogP contribution in [0.3, 0.4) is 0 Å². The normalized spacial score (nSPS) is 15.8. The molecule has 0 spiro atoms. The number of imidazole rings is 1. The first kappa shape index (κ1) is 13.7. The second kappa shape index (κ2) is 5.60. The Morgan fingerprint density at radius 2 is 2.00 bits per heavy atom. The van der Waals surface area contributed by atoms with Gasteiger partial charge in [-0.15, -0.1) is 0 Å². The minimum atomic E-state index is 0.607. The highest BCUT2D eigenvalue weighted by molar-refractivity contribution is 9.10. The van der Waals surface area contributed by atoms with Gasteiger partial charge in [-0.1, -0.05) is 28.8 Å². The Kier molecular flexibility index (Phi) is 3.83. The van der Waals surface area contributed by atoms with Crippen LogP contribution in [0.15, 0.2) is 28.9 Å². The first-order valence-corrected chi connectivity index (χ1v) is 8.01. The van der Waals surface area contributed by atoms with Gasteiger partial charge in [-0.2, -0.15) is 0 Å². The van der Waals surface area contributed by atoms with E-state index < -0.39 is 0 Å². The average Bonchev–Trinajstić information content (AvgIpc) is 3.03. The quantitative estimate of drug-likeness (QED) is 0.844. The standard InChI is InChI=1S/C16H20BrN3/c1-11-9-13(7-8-15(11)17)19-16-18-12(2)10-20(16)14-5-3-4-6-14/h7-10,14H,3-6H2,1-2H3,(H,18,19). The molecule has 106 valence electrons. The minimum Gasteiger partial charge on any atom is -0.326 e. The van der Waals surface area contributed by atoms with Gasteiger partial charge in [0.15, 0.2) is 0 Å². The van der Waals surface area contributed by atoms with Crippen molar-refractivity contribution in [3.8, 4) is 0 Å². The molecule has 0 aliphatic heterocycles. The summed E-state index contributed by atoms with van der Waals surface area (Å²) in [4.78, 5) is 4.64. The maximum atomic E-state index is 4.64. The molecule has 1 aromatic carbocycles. The molecule has 4 heteroatoms. The van der Waals surface area contributed by atoms with E-state index in [0.717, 1.165) is 21.8 Å². The van der Waals surface area contributed by atoms with E-state index in [2.05, 4.69) is 69.0 Å². The van der Waals surface area contributed by atoms with E-state index in [4.69, 9.17) is 0 Å². The molecular formula is C16H20BrN3. The Bertz CT molecular complexity index is 612. The summed E-state index contributed by atoms with van der Waals surface area (Å²) in [5.41, 5.74) is 3.40.